The summed E-state index contributed by atoms with van der Waals surface area (Å²) in [6.45, 7) is 5.86. The summed E-state index contributed by atoms with van der Waals surface area (Å²) in [7, 11) is 0. The van der Waals surface area contributed by atoms with Crippen LogP contribution in [0, 0.1) is 0 Å². The van der Waals surface area contributed by atoms with Crippen molar-refractivity contribution in [3.63, 3.8) is 0 Å². The monoisotopic (exact) mass is 227 g/mol. The number of carbonyl (C=O) groups excluding carboxylic acids is 1. The summed E-state index contributed by atoms with van der Waals surface area (Å²) in [5.41, 5.74) is -0.0460. The highest BCUT2D eigenvalue weighted by molar-refractivity contribution is 5.82. The van der Waals surface area contributed by atoms with Crippen molar-refractivity contribution in [3.8, 4) is 0 Å². The van der Waals surface area contributed by atoms with E-state index in [1.807, 2.05) is 0 Å². The number of likely N-dealkylation sites (tertiary alicyclic amines) is 1. The molecule has 0 saturated carbocycles. The van der Waals surface area contributed by atoms with E-state index in [9.17, 15) is 9.59 Å². The molecule has 1 rings (SSSR count). The molecule has 5 heteroatoms. The minimum atomic E-state index is -1.04. The highest BCUT2D eigenvalue weighted by atomic mass is 16.6. The van der Waals surface area contributed by atoms with Gasteiger partial charge in [-0.15, -0.1) is 0 Å². The molecule has 0 aromatic heterocycles. The largest absolute Gasteiger partial charge is 0.478 e. The van der Waals surface area contributed by atoms with Gasteiger partial charge in [-0.05, 0) is 33.6 Å². The molecular formula is C11H17NO4. The van der Waals surface area contributed by atoms with Crippen LogP contribution in [0.25, 0.3) is 0 Å². The Kier molecular flexibility index (Phi) is 3.57. The van der Waals surface area contributed by atoms with Crippen molar-refractivity contribution in [2.75, 3.05) is 6.54 Å². The van der Waals surface area contributed by atoms with Crippen molar-refractivity contribution in [2.45, 2.75) is 39.2 Å². The Morgan fingerprint density at radius 3 is 2.56 bits per heavy atom. The van der Waals surface area contributed by atoms with E-state index in [-0.39, 0.29) is 0 Å². The van der Waals surface area contributed by atoms with Crippen molar-refractivity contribution >= 4 is 12.1 Å². The van der Waals surface area contributed by atoms with Gasteiger partial charge in [0.25, 0.3) is 0 Å². The maximum Gasteiger partial charge on any atom is 0.414 e. The summed E-state index contributed by atoms with van der Waals surface area (Å²) in [5, 5.41) is 8.65. The van der Waals surface area contributed by atoms with E-state index < -0.39 is 17.7 Å². The fourth-order valence-corrected chi connectivity index (χ4v) is 1.52. The smallest absolute Gasteiger partial charge is 0.414 e. The van der Waals surface area contributed by atoms with Crippen LogP contribution in [0.3, 0.4) is 0 Å². The molecule has 0 aromatic rings. The third kappa shape index (κ3) is 3.56. The van der Waals surface area contributed by atoms with Crippen LogP contribution in [0.4, 0.5) is 4.79 Å². The van der Waals surface area contributed by atoms with E-state index in [1.54, 1.807) is 20.8 Å². The Balaban J connectivity index is 2.72. The summed E-state index contributed by atoms with van der Waals surface area (Å²) in [6, 6.07) is 0. The summed E-state index contributed by atoms with van der Waals surface area (Å²) >= 11 is 0. The lowest BCUT2D eigenvalue weighted by Gasteiger charge is -2.24. The minimum Gasteiger partial charge on any atom is -0.478 e. The van der Waals surface area contributed by atoms with Gasteiger partial charge >= 0.3 is 12.1 Å². The Labute approximate surface area is 94.7 Å². The van der Waals surface area contributed by atoms with Crippen LogP contribution in [0.5, 0.6) is 0 Å². The van der Waals surface area contributed by atoms with Crippen LogP contribution in [-0.2, 0) is 9.53 Å². The van der Waals surface area contributed by atoms with Crippen LogP contribution in [0.15, 0.2) is 11.8 Å². The second kappa shape index (κ2) is 4.55. The van der Waals surface area contributed by atoms with Crippen LogP contribution >= 0.6 is 0 Å². The van der Waals surface area contributed by atoms with Gasteiger partial charge in [0.15, 0.2) is 0 Å². The molecule has 0 aromatic carbocycles. The Bertz CT molecular complexity index is 327. The van der Waals surface area contributed by atoms with E-state index in [4.69, 9.17) is 9.84 Å². The van der Waals surface area contributed by atoms with Crippen molar-refractivity contribution in [1.29, 1.82) is 0 Å². The molecule has 90 valence electrons. The lowest BCUT2D eigenvalue weighted by atomic mass is 10.2. The molecular weight excluding hydrogens is 210 g/mol. The molecule has 0 unspecified atom stereocenters. The van der Waals surface area contributed by atoms with Crippen molar-refractivity contribution in [2.24, 2.45) is 0 Å². The van der Waals surface area contributed by atoms with Gasteiger partial charge in [0, 0.05) is 18.3 Å². The van der Waals surface area contributed by atoms with Crippen molar-refractivity contribution in [3.05, 3.63) is 11.8 Å². The summed E-state index contributed by atoms with van der Waals surface area (Å²) in [5.74, 6) is -1.04. The minimum absolute atomic E-state index is 0.475. The average Bonchev–Trinajstić information content (AvgIpc) is 2.47. The van der Waals surface area contributed by atoms with Crippen molar-refractivity contribution < 1.29 is 19.4 Å². The maximum atomic E-state index is 11.7. The molecule has 1 N–H and O–H groups in total. The topological polar surface area (TPSA) is 66.8 Å². The zero-order valence-corrected chi connectivity index (χ0v) is 9.82. The standard InChI is InChI=1S/C11H17NO4/c1-11(2,3)16-10(15)12-6-4-5-8(12)7-9(13)14/h7H,4-6H2,1-3H3,(H,13,14)/b8-7+. The van der Waals surface area contributed by atoms with Gasteiger partial charge in [0.2, 0.25) is 0 Å². The van der Waals surface area contributed by atoms with Crippen LogP contribution < -0.4 is 0 Å². The molecule has 1 saturated heterocycles. The quantitative estimate of drug-likeness (QED) is 0.695. The summed E-state index contributed by atoms with van der Waals surface area (Å²) in [4.78, 5) is 23.7. The van der Waals surface area contributed by atoms with Crippen LogP contribution in [-0.4, -0.2) is 34.2 Å². The molecule has 1 fully saturated rings. The number of hydrogen-bond donors (Lipinski definition) is 1. The number of rotatable bonds is 1. The number of carboxylic acid groups (broad SMARTS) is 1. The molecule has 0 bridgehead atoms. The first-order valence-electron chi connectivity index (χ1n) is 5.23. The van der Waals surface area contributed by atoms with Gasteiger partial charge in [-0.3, -0.25) is 4.90 Å². The second-order valence-corrected chi connectivity index (χ2v) is 4.71. The van der Waals surface area contributed by atoms with E-state index in [0.29, 0.717) is 18.7 Å². The highest BCUT2D eigenvalue weighted by Crippen LogP contribution is 2.23. The number of carboxylic acids is 1. The molecule has 5 nitrogen and oxygen atoms in total. The Morgan fingerprint density at radius 1 is 1.44 bits per heavy atom. The number of hydrogen-bond acceptors (Lipinski definition) is 3. The average molecular weight is 227 g/mol. The van der Waals surface area contributed by atoms with Gasteiger partial charge in [0.1, 0.15) is 5.60 Å². The summed E-state index contributed by atoms with van der Waals surface area (Å²) < 4.78 is 5.19. The van der Waals surface area contributed by atoms with E-state index in [0.717, 1.165) is 12.5 Å². The highest BCUT2D eigenvalue weighted by Gasteiger charge is 2.28. The first kappa shape index (κ1) is 12.5. The Morgan fingerprint density at radius 2 is 2.06 bits per heavy atom. The normalized spacial score (nSPS) is 18.9. The predicted octanol–water partition coefficient (Wildman–Crippen LogP) is 1.99. The maximum absolute atomic E-state index is 11.7. The second-order valence-electron chi connectivity index (χ2n) is 4.71. The van der Waals surface area contributed by atoms with Gasteiger partial charge in [-0.25, -0.2) is 9.59 Å². The number of amides is 1. The molecule has 0 aliphatic carbocycles. The molecule has 16 heavy (non-hydrogen) atoms. The molecule has 0 atom stereocenters. The van der Waals surface area contributed by atoms with Gasteiger partial charge in [0.05, 0.1) is 0 Å². The van der Waals surface area contributed by atoms with E-state index in [2.05, 4.69) is 0 Å². The molecule has 1 amide bonds. The summed E-state index contributed by atoms with van der Waals surface area (Å²) in [6.07, 6.45) is 1.97. The predicted molar refractivity (Wildman–Crippen MR) is 57.9 cm³/mol. The molecule has 1 aliphatic heterocycles. The van der Waals surface area contributed by atoms with Crippen LogP contribution in [0.1, 0.15) is 33.6 Å². The number of allylic oxidation sites excluding steroid dienone is 1. The SMILES string of the molecule is CC(C)(C)OC(=O)N1CCC/C1=C\C(=O)O. The first-order chi connectivity index (χ1) is 7.29. The molecule has 1 aliphatic rings. The van der Waals surface area contributed by atoms with Gasteiger partial charge in [-0.2, -0.15) is 0 Å². The lowest BCUT2D eigenvalue weighted by molar-refractivity contribution is -0.131. The van der Waals surface area contributed by atoms with Gasteiger partial charge in [-0.1, -0.05) is 0 Å². The zero-order chi connectivity index (χ0) is 12.3. The number of ether oxygens (including phenoxy) is 1. The fourth-order valence-electron chi connectivity index (χ4n) is 1.52. The number of carbonyl (C=O) groups is 2. The van der Waals surface area contributed by atoms with Crippen molar-refractivity contribution in [1.82, 2.24) is 4.90 Å². The van der Waals surface area contributed by atoms with E-state index in [1.165, 1.54) is 4.90 Å². The third-order valence-corrected chi connectivity index (χ3v) is 2.07. The third-order valence-electron chi connectivity index (χ3n) is 2.07. The molecule has 0 spiro atoms. The lowest BCUT2D eigenvalue weighted by Crippen LogP contribution is -2.34. The first-order valence-corrected chi connectivity index (χ1v) is 5.23. The van der Waals surface area contributed by atoms with E-state index >= 15 is 0 Å². The molecule has 1 heterocycles. The fraction of sp³-hybridized carbons (Fsp3) is 0.636. The van der Waals surface area contributed by atoms with Gasteiger partial charge < -0.3 is 9.84 Å². The van der Waals surface area contributed by atoms with Crippen LogP contribution in [0.2, 0.25) is 0 Å². The zero-order valence-electron chi connectivity index (χ0n) is 9.82. The Hall–Kier alpha value is -1.52. The number of nitrogens with zero attached hydrogens (tertiary/aromatic N) is 1. The molecule has 0 radical (unpaired) electrons. The number of aliphatic carboxylic acids is 1.